The second-order valence-electron chi connectivity index (χ2n) is 5.88. The quantitative estimate of drug-likeness (QED) is 0.795. The fraction of sp³-hybridized carbons (Fsp3) is 0.600. The first kappa shape index (κ1) is 13.7. The van der Waals surface area contributed by atoms with E-state index in [1.54, 1.807) is 11.3 Å². The zero-order valence-corrected chi connectivity index (χ0v) is 13.8. The van der Waals surface area contributed by atoms with Crippen LogP contribution in [-0.2, 0) is 6.42 Å². The Kier molecular flexibility index (Phi) is 3.52. The maximum Gasteiger partial charge on any atom is 0.225 e. The maximum absolute atomic E-state index is 6.15. The van der Waals surface area contributed by atoms with Gasteiger partial charge in [0.15, 0.2) is 0 Å². The highest BCUT2D eigenvalue weighted by Gasteiger charge is 2.32. The van der Waals surface area contributed by atoms with Gasteiger partial charge in [-0.3, -0.25) is 4.90 Å². The van der Waals surface area contributed by atoms with E-state index in [1.165, 1.54) is 29.6 Å². The van der Waals surface area contributed by atoms with Crippen LogP contribution in [0.3, 0.4) is 0 Å². The summed E-state index contributed by atoms with van der Waals surface area (Å²) in [5.41, 5.74) is 0. The van der Waals surface area contributed by atoms with Gasteiger partial charge < -0.3 is 4.90 Å². The molecular formula is C15H19ClN4S. The number of aromatic nitrogens is 2. The van der Waals surface area contributed by atoms with E-state index in [0.717, 1.165) is 36.7 Å². The van der Waals surface area contributed by atoms with Gasteiger partial charge in [0, 0.05) is 30.6 Å². The Labute approximate surface area is 133 Å². The highest BCUT2D eigenvalue weighted by Crippen LogP contribution is 2.34. The standard InChI is InChI=1S/C15H19ClN4S/c1-2-11-8-12-13(17-15(16)18-14(12)21-11)20-7-6-19-5-3-4-10(19)9-20/h8,10H,2-7,9H2,1H3. The van der Waals surface area contributed by atoms with Crippen LogP contribution in [0.15, 0.2) is 6.07 Å². The smallest absolute Gasteiger partial charge is 0.225 e. The van der Waals surface area contributed by atoms with Crippen LogP contribution >= 0.6 is 22.9 Å². The summed E-state index contributed by atoms with van der Waals surface area (Å²) < 4.78 is 0. The molecule has 0 bridgehead atoms. The molecule has 0 amide bonds. The van der Waals surface area contributed by atoms with Crippen molar-refractivity contribution >= 4 is 39.0 Å². The van der Waals surface area contributed by atoms with Gasteiger partial charge in [0.05, 0.1) is 5.39 Å². The second-order valence-corrected chi connectivity index (χ2v) is 7.33. The fourth-order valence-corrected chi connectivity index (χ4v) is 4.71. The molecule has 2 aromatic rings. The van der Waals surface area contributed by atoms with Crippen LogP contribution in [0.4, 0.5) is 5.82 Å². The van der Waals surface area contributed by atoms with Crippen LogP contribution in [0.5, 0.6) is 0 Å². The van der Waals surface area contributed by atoms with E-state index in [0.29, 0.717) is 11.3 Å². The third-order valence-corrected chi connectivity index (χ3v) is 5.97. The lowest BCUT2D eigenvalue weighted by Crippen LogP contribution is -2.50. The summed E-state index contributed by atoms with van der Waals surface area (Å²) in [6, 6.07) is 2.93. The van der Waals surface area contributed by atoms with E-state index in [-0.39, 0.29) is 0 Å². The van der Waals surface area contributed by atoms with Crippen molar-refractivity contribution < 1.29 is 0 Å². The topological polar surface area (TPSA) is 32.3 Å². The Balaban J connectivity index is 1.73. The second kappa shape index (κ2) is 5.38. The van der Waals surface area contributed by atoms with Gasteiger partial charge in [-0.1, -0.05) is 6.92 Å². The molecule has 0 radical (unpaired) electrons. The lowest BCUT2D eigenvalue weighted by molar-refractivity contribution is 0.230. The van der Waals surface area contributed by atoms with Crippen molar-refractivity contribution in [2.75, 3.05) is 31.1 Å². The summed E-state index contributed by atoms with van der Waals surface area (Å²) in [6.45, 7) is 6.68. The number of hydrogen-bond donors (Lipinski definition) is 0. The van der Waals surface area contributed by atoms with Crippen molar-refractivity contribution in [3.8, 4) is 0 Å². The largest absolute Gasteiger partial charge is 0.353 e. The van der Waals surface area contributed by atoms with Crippen molar-refractivity contribution in [2.24, 2.45) is 0 Å². The lowest BCUT2D eigenvalue weighted by Gasteiger charge is -2.38. The van der Waals surface area contributed by atoms with Crippen molar-refractivity contribution in [2.45, 2.75) is 32.2 Å². The molecule has 0 saturated carbocycles. The molecule has 112 valence electrons. The van der Waals surface area contributed by atoms with Gasteiger partial charge in [-0.05, 0) is 43.5 Å². The van der Waals surface area contributed by atoms with E-state index in [9.17, 15) is 0 Å². The van der Waals surface area contributed by atoms with Gasteiger partial charge in [0.2, 0.25) is 5.28 Å². The molecule has 2 aromatic heterocycles. The molecule has 2 saturated heterocycles. The van der Waals surface area contributed by atoms with E-state index in [4.69, 9.17) is 11.6 Å². The Bertz CT molecular complexity index is 671. The third kappa shape index (κ3) is 2.41. The number of rotatable bonds is 2. The molecule has 2 aliphatic rings. The number of thiophene rings is 1. The summed E-state index contributed by atoms with van der Waals surface area (Å²) in [4.78, 5) is 16.4. The van der Waals surface area contributed by atoms with Crippen LogP contribution in [0.25, 0.3) is 10.2 Å². The zero-order valence-electron chi connectivity index (χ0n) is 12.2. The van der Waals surface area contributed by atoms with Crippen molar-refractivity contribution in [3.05, 3.63) is 16.2 Å². The number of piperazine rings is 1. The molecule has 1 atom stereocenters. The van der Waals surface area contributed by atoms with Crippen LogP contribution < -0.4 is 4.90 Å². The molecule has 4 heterocycles. The molecule has 0 spiro atoms. The van der Waals surface area contributed by atoms with Crippen molar-refractivity contribution in [1.82, 2.24) is 14.9 Å². The van der Waals surface area contributed by atoms with E-state index < -0.39 is 0 Å². The molecule has 2 fully saturated rings. The zero-order chi connectivity index (χ0) is 14.4. The van der Waals surface area contributed by atoms with E-state index >= 15 is 0 Å². The molecule has 1 unspecified atom stereocenters. The first-order valence-corrected chi connectivity index (χ1v) is 8.89. The maximum atomic E-state index is 6.15. The molecule has 0 aliphatic carbocycles. The molecule has 0 N–H and O–H groups in total. The van der Waals surface area contributed by atoms with E-state index in [1.807, 2.05) is 0 Å². The molecule has 0 aromatic carbocycles. The van der Waals surface area contributed by atoms with Gasteiger partial charge in [0.25, 0.3) is 0 Å². The minimum Gasteiger partial charge on any atom is -0.353 e. The molecule has 4 rings (SSSR count). The minimum atomic E-state index is 0.371. The van der Waals surface area contributed by atoms with E-state index in [2.05, 4.69) is 32.8 Å². The monoisotopic (exact) mass is 322 g/mol. The number of hydrogen-bond acceptors (Lipinski definition) is 5. The van der Waals surface area contributed by atoms with Crippen molar-refractivity contribution in [1.29, 1.82) is 0 Å². The Morgan fingerprint density at radius 3 is 3.10 bits per heavy atom. The minimum absolute atomic E-state index is 0.371. The molecule has 6 heteroatoms. The predicted octanol–water partition coefficient (Wildman–Crippen LogP) is 3.19. The first-order valence-electron chi connectivity index (χ1n) is 7.69. The third-order valence-electron chi connectivity index (χ3n) is 4.63. The Morgan fingerprint density at radius 1 is 1.33 bits per heavy atom. The first-order chi connectivity index (χ1) is 10.2. The Morgan fingerprint density at radius 2 is 2.24 bits per heavy atom. The van der Waals surface area contributed by atoms with Gasteiger partial charge in [-0.2, -0.15) is 4.98 Å². The summed E-state index contributed by atoms with van der Waals surface area (Å²) >= 11 is 7.89. The van der Waals surface area contributed by atoms with Crippen LogP contribution in [0, 0.1) is 0 Å². The van der Waals surface area contributed by atoms with Crippen LogP contribution in [-0.4, -0.2) is 47.1 Å². The predicted molar refractivity (Wildman–Crippen MR) is 88.6 cm³/mol. The van der Waals surface area contributed by atoms with Gasteiger partial charge in [-0.15, -0.1) is 11.3 Å². The lowest BCUT2D eigenvalue weighted by atomic mass is 10.1. The summed E-state index contributed by atoms with van der Waals surface area (Å²) in [5.74, 6) is 1.03. The highest BCUT2D eigenvalue weighted by molar-refractivity contribution is 7.18. The molecule has 21 heavy (non-hydrogen) atoms. The number of anilines is 1. The normalized spacial score (nSPS) is 23.0. The number of halogens is 1. The molecule has 2 aliphatic heterocycles. The summed E-state index contributed by atoms with van der Waals surface area (Å²) in [6.07, 6.45) is 3.67. The van der Waals surface area contributed by atoms with Gasteiger partial charge >= 0.3 is 0 Å². The van der Waals surface area contributed by atoms with Crippen LogP contribution in [0.1, 0.15) is 24.6 Å². The van der Waals surface area contributed by atoms with Crippen LogP contribution in [0.2, 0.25) is 5.28 Å². The number of nitrogens with zero attached hydrogens (tertiary/aromatic N) is 4. The highest BCUT2D eigenvalue weighted by atomic mass is 35.5. The summed E-state index contributed by atoms with van der Waals surface area (Å²) in [5, 5.41) is 1.54. The fourth-order valence-electron chi connectivity index (χ4n) is 3.53. The van der Waals surface area contributed by atoms with Gasteiger partial charge in [0.1, 0.15) is 10.6 Å². The van der Waals surface area contributed by atoms with Gasteiger partial charge in [-0.25, -0.2) is 4.98 Å². The average molecular weight is 323 g/mol. The number of fused-ring (bicyclic) bond motifs is 2. The number of aryl methyl sites for hydroxylation is 1. The summed E-state index contributed by atoms with van der Waals surface area (Å²) in [7, 11) is 0. The SMILES string of the molecule is CCc1cc2c(N3CCN4CCCC4C3)nc(Cl)nc2s1. The molecular weight excluding hydrogens is 304 g/mol. The Hall–Kier alpha value is -0.910. The average Bonchev–Trinajstić information content (AvgIpc) is 3.11. The van der Waals surface area contributed by atoms with Crippen molar-refractivity contribution in [3.63, 3.8) is 0 Å². The molecule has 4 nitrogen and oxygen atoms in total.